The van der Waals surface area contributed by atoms with Gasteiger partial charge in [-0.1, -0.05) is 15.9 Å². The predicted molar refractivity (Wildman–Crippen MR) is 71.3 cm³/mol. The molecule has 0 amide bonds. The summed E-state index contributed by atoms with van der Waals surface area (Å²) < 4.78 is 6.29. The van der Waals surface area contributed by atoms with Crippen molar-refractivity contribution in [3.63, 3.8) is 0 Å². The Kier molecular flexibility index (Phi) is 3.58. The number of nitrogens with one attached hydrogen (secondary N) is 1. The molecule has 0 unspecified atom stereocenters. The molecule has 17 heavy (non-hydrogen) atoms. The number of hydrogen-bond donors (Lipinski definition) is 1. The first-order chi connectivity index (χ1) is 8.24. The fourth-order valence-corrected chi connectivity index (χ4v) is 1.85. The monoisotopic (exact) mass is 293 g/mol. The van der Waals surface area contributed by atoms with Crippen LogP contribution in [0.1, 0.15) is 0 Å². The van der Waals surface area contributed by atoms with E-state index in [9.17, 15) is 0 Å². The quantitative estimate of drug-likeness (QED) is 0.945. The lowest BCUT2D eigenvalue weighted by Crippen LogP contribution is -1.96. The van der Waals surface area contributed by atoms with Crippen molar-refractivity contribution in [2.24, 2.45) is 0 Å². The number of methoxy groups -OCH3 is 1. The Morgan fingerprint density at radius 3 is 2.59 bits per heavy atom. The number of halogens is 1. The Labute approximate surface area is 108 Å². The van der Waals surface area contributed by atoms with Gasteiger partial charge in [-0.2, -0.15) is 0 Å². The first-order valence-electron chi connectivity index (χ1n) is 5.10. The molecule has 88 valence electrons. The summed E-state index contributed by atoms with van der Waals surface area (Å²) in [5.41, 5.74) is 1.69. The summed E-state index contributed by atoms with van der Waals surface area (Å²) in [7, 11) is 3.45. The molecule has 1 aromatic heterocycles. The van der Waals surface area contributed by atoms with Crippen LogP contribution >= 0.6 is 15.9 Å². The Morgan fingerprint density at radius 2 is 2.00 bits per heavy atom. The molecule has 0 aliphatic rings. The third-order valence-corrected chi connectivity index (χ3v) is 2.85. The van der Waals surface area contributed by atoms with Crippen LogP contribution in [0, 0.1) is 0 Å². The number of anilines is 1. The third kappa shape index (κ3) is 2.55. The van der Waals surface area contributed by atoms with Crippen molar-refractivity contribution in [2.45, 2.75) is 0 Å². The highest BCUT2D eigenvalue weighted by molar-refractivity contribution is 9.10. The predicted octanol–water partition coefficient (Wildman–Crippen LogP) is 2.96. The third-order valence-electron chi connectivity index (χ3n) is 2.36. The van der Waals surface area contributed by atoms with Crippen LogP contribution in [0.4, 0.5) is 5.82 Å². The maximum Gasteiger partial charge on any atom is 0.148 e. The van der Waals surface area contributed by atoms with Crippen LogP contribution in [-0.2, 0) is 0 Å². The number of hydrogen-bond acceptors (Lipinski definition) is 4. The highest BCUT2D eigenvalue weighted by atomic mass is 79.9. The van der Waals surface area contributed by atoms with Gasteiger partial charge in [0.05, 0.1) is 12.8 Å². The van der Waals surface area contributed by atoms with Gasteiger partial charge in [-0.3, -0.25) is 0 Å². The van der Waals surface area contributed by atoms with Gasteiger partial charge in [0, 0.05) is 17.1 Å². The van der Waals surface area contributed by atoms with E-state index in [1.807, 2.05) is 37.4 Å². The molecule has 1 heterocycles. The molecule has 5 heteroatoms. The summed E-state index contributed by atoms with van der Waals surface area (Å²) in [5.74, 6) is 1.52. The lowest BCUT2D eigenvalue weighted by Gasteiger charge is -2.08. The summed E-state index contributed by atoms with van der Waals surface area (Å²) in [6, 6.07) is 9.57. The van der Waals surface area contributed by atoms with E-state index < -0.39 is 0 Å². The van der Waals surface area contributed by atoms with Crippen molar-refractivity contribution in [1.29, 1.82) is 0 Å². The molecule has 0 fully saturated rings. The van der Waals surface area contributed by atoms with E-state index in [-0.39, 0.29) is 0 Å². The van der Waals surface area contributed by atoms with Crippen LogP contribution in [0.2, 0.25) is 0 Å². The molecule has 0 aliphatic carbocycles. The van der Waals surface area contributed by atoms with Gasteiger partial charge in [0.1, 0.15) is 11.6 Å². The molecule has 1 N–H and O–H groups in total. The maximum atomic E-state index is 5.31. The molecule has 0 atom stereocenters. The molecule has 2 aromatic rings. The Bertz CT molecular complexity index is 514. The van der Waals surface area contributed by atoms with Crippen molar-refractivity contribution in [3.05, 3.63) is 34.8 Å². The highest BCUT2D eigenvalue weighted by Gasteiger charge is 2.08. The standard InChI is InChI=1S/C12H12BrN3O/c1-14-12-6-4-10(15-16-12)9-7-8(13)3-5-11(9)17-2/h3-7H,1-2H3,(H,14,16). The number of aromatic nitrogens is 2. The van der Waals surface area contributed by atoms with Gasteiger partial charge in [0.15, 0.2) is 0 Å². The maximum absolute atomic E-state index is 5.31. The minimum Gasteiger partial charge on any atom is -0.496 e. The topological polar surface area (TPSA) is 47.0 Å². The SMILES string of the molecule is CNc1ccc(-c2cc(Br)ccc2OC)nn1. The smallest absolute Gasteiger partial charge is 0.148 e. The van der Waals surface area contributed by atoms with E-state index in [1.54, 1.807) is 7.11 Å². The first kappa shape index (κ1) is 11.9. The van der Waals surface area contributed by atoms with Crippen LogP contribution in [0.5, 0.6) is 5.75 Å². The summed E-state index contributed by atoms with van der Waals surface area (Å²) >= 11 is 3.43. The number of ether oxygens (including phenoxy) is 1. The number of benzene rings is 1. The minimum absolute atomic E-state index is 0.739. The zero-order chi connectivity index (χ0) is 12.3. The van der Waals surface area contributed by atoms with Gasteiger partial charge in [-0.25, -0.2) is 0 Å². The van der Waals surface area contributed by atoms with E-state index in [2.05, 4.69) is 31.4 Å². The second-order valence-electron chi connectivity index (χ2n) is 3.40. The summed E-state index contributed by atoms with van der Waals surface area (Å²) in [5, 5.41) is 11.1. The highest BCUT2D eigenvalue weighted by Crippen LogP contribution is 2.31. The summed E-state index contributed by atoms with van der Waals surface area (Å²) in [6.07, 6.45) is 0. The molecular formula is C12H12BrN3O. The Morgan fingerprint density at radius 1 is 1.18 bits per heavy atom. The van der Waals surface area contributed by atoms with Gasteiger partial charge in [0.25, 0.3) is 0 Å². The van der Waals surface area contributed by atoms with Gasteiger partial charge in [0.2, 0.25) is 0 Å². The van der Waals surface area contributed by atoms with Gasteiger partial charge in [-0.15, -0.1) is 10.2 Å². The van der Waals surface area contributed by atoms with Crippen LogP contribution in [0.25, 0.3) is 11.3 Å². The van der Waals surface area contributed by atoms with Gasteiger partial charge in [-0.05, 0) is 30.3 Å². The van der Waals surface area contributed by atoms with Crippen LogP contribution < -0.4 is 10.1 Å². The van der Waals surface area contributed by atoms with Crippen molar-refractivity contribution in [1.82, 2.24) is 10.2 Å². The summed E-state index contributed by atoms with van der Waals surface area (Å²) in [6.45, 7) is 0. The van der Waals surface area contributed by atoms with E-state index in [0.717, 1.165) is 27.3 Å². The zero-order valence-electron chi connectivity index (χ0n) is 9.57. The molecule has 4 nitrogen and oxygen atoms in total. The van der Waals surface area contributed by atoms with Crippen molar-refractivity contribution in [3.8, 4) is 17.0 Å². The Balaban J connectivity index is 2.47. The second kappa shape index (κ2) is 5.14. The molecule has 0 saturated carbocycles. The molecule has 0 aliphatic heterocycles. The van der Waals surface area contributed by atoms with E-state index >= 15 is 0 Å². The normalized spacial score (nSPS) is 10.1. The largest absolute Gasteiger partial charge is 0.496 e. The zero-order valence-corrected chi connectivity index (χ0v) is 11.2. The molecule has 0 bridgehead atoms. The summed E-state index contributed by atoms with van der Waals surface area (Å²) in [4.78, 5) is 0. The number of rotatable bonds is 3. The lowest BCUT2D eigenvalue weighted by molar-refractivity contribution is 0.416. The Hall–Kier alpha value is -1.62. The first-order valence-corrected chi connectivity index (χ1v) is 5.89. The van der Waals surface area contributed by atoms with E-state index in [1.165, 1.54) is 0 Å². The van der Waals surface area contributed by atoms with Crippen molar-refractivity contribution < 1.29 is 4.74 Å². The van der Waals surface area contributed by atoms with Gasteiger partial charge < -0.3 is 10.1 Å². The van der Waals surface area contributed by atoms with Crippen LogP contribution in [-0.4, -0.2) is 24.4 Å². The molecule has 0 radical (unpaired) electrons. The molecule has 2 rings (SSSR count). The fourth-order valence-electron chi connectivity index (χ4n) is 1.49. The average Bonchev–Trinajstić information content (AvgIpc) is 2.39. The van der Waals surface area contributed by atoms with E-state index in [4.69, 9.17) is 4.74 Å². The second-order valence-corrected chi connectivity index (χ2v) is 4.31. The molecular weight excluding hydrogens is 282 g/mol. The van der Waals surface area contributed by atoms with Crippen LogP contribution in [0.15, 0.2) is 34.8 Å². The fraction of sp³-hybridized carbons (Fsp3) is 0.167. The number of nitrogens with zero attached hydrogens (tertiary/aromatic N) is 2. The molecule has 1 aromatic carbocycles. The minimum atomic E-state index is 0.739. The molecule has 0 saturated heterocycles. The van der Waals surface area contributed by atoms with Crippen LogP contribution in [0.3, 0.4) is 0 Å². The average molecular weight is 294 g/mol. The van der Waals surface area contributed by atoms with E-state index in [0.29, 0.717) is 0 Å². The lowest BCUT2D eigenvalue weighted by atomic mass is 10.1. The van der Waals surface area contributed by atoms with Crippen molar-refractivity contribution in [2.75, 3.05) is 19.5 Å². The van der Waals surface area contributed by atoms with Gasteiger partial charge >= 0.3 is 0 Å². The van der Waals surface area contributed by atoms with Crippen molar-refractivity contribution >= 4 is 21.7 Å². The molecule has 0 spiro atoms.